The van der Waals surface area contributed by atoms with E-state index in [2.05, 4.69) is 50.2 Å². The van der Waals surface area contributed by atoms with Gasteiger partial charge >= 0.3 is 5.97 Å². The van der Waals surface area contributed by atoms with Crippen LogP contribution in [0.3, 0.4) is 0 Å². The number of hydrogen-bond acceptors (Lipinski definition) is 5. The van der Waals surface area contributed by atoms with Crippen molar-refractivity contribution < 1.29 is 14.3 Å². The topological polar surface area (TPSA) is 48.4 Å². The number of ether oxygens (including phenoxy) is 2. The number of methoxy groups -OCH3 is 1. The lowest BCUT2D eigenvalue weighted by Gasteiger charge is -2.34. The SMILES string of the molecule is C=C/C(=C\C(C)=C/C)C(OC(=O)C(C)(C)CC(C)(C)Cc1cccc(OC)c1)c1ccccn1.CC.CS. The summed E-state index contributed by atoms with van der Waals surface area (Å²) in [6, 6.07) is 13.7. The maximum atomic E-state index is 13.5. The molecule has 1 atom stereocenters. The van der Waals surface area contributed by atoms with E-state index in [1.165, 1.54) is 5.56 Å². The molecule has 0 fully saturated rings. The number of allylic oxidation sites excluding steroid dienone is 3. The summed E-state index contributed by atoms with van der Waals surface area (Å²) in [5.74, 6) is 0.582. The van der Waals surface area contributed by atoms with Crippen LogP contribution in [0.15, 0.2) is 84.6 Å². The highest BCUT2D eigenvalue weighted by Crippen LogP contribution is 2.39. The number of benzene rings is 1. The number of nitrogens with zero attached hydrogens (tertiary/aromatic N) is 1. The van der Waals surface area contributed by atoms with Crippen LogP contribution in [0.4, 0.5) is 0 Å². The highest BCUT2D eigenvalue weighted by molar-refractivity contribution is 7.79. The lowest BCUT2D eigenvalue weighted by atomic mass is 9.72. The molecule has 1 unspecified atom stereocenters. The Kier molecular flexibility index (Phi) is 16.4. The van der Waals surface area contributed by atoms with Crippen LogP contribution >= 0.6 is 12.6 Å². The Balaban J connectivity index is 0.00000326. The van der Waals surface area contributed by atoms with Gasteiger partial charge in [0.2, 0.25) is 0 Å². The molecule has 0 aliphatic rings. The molecule has 0 amide bonds. The van der Waals surface area contributed by atoms with E-state index in [1.54, 1.807) is 25.6 Å². The van der Waals surface area contributed by atoms with Crippen molar-refractivity contribution in [1.29, 1.82) is 0 Å². The average Bonchev–Trinajstić information content (AvgIpc) is 2.92. The van der Waals surface area contributed by atoms with Gasteiger partial charge in [-0.15, -0.1) is 0 Å². The van der Waals surface area contributed by atoms with Gasteiger partial charge in [-0.3, -0.25) is 9.78 Å². The number of carbonyl (C=O) groups is 1. The first-order valence-electron chi connectivity index (χ1n) is 13.2. The van der Waals surface area contributed by atoms with E-state index in [4.69, 9.17) is 9.47 Å². The number of thiol groups is 1. The van der Waals surface area contributed by atoms with Crippen LogP contribution in [-0.4, -0.2) is 24.3 Å². The van der Waals surface area contributed by atoms with Gasteiger partial charge in [0.25, 0.3) is 0 Å². The van der Waals surface area contributed by atoms with Gasteiger partial charge in [-0.1, -0.05) is 76.3 Å². The zero-order chi connectivity index (χ0) is 29.4. The Labute approximate surface area is 237 Å². The van der Waals surface area contributed by atoms with Crippen LogP contribution in [0.25, 0.3) is 0 Å². The minimum absolute atomic E-state index is 0.131. The molecule has 0 spiro atoms. The predicted molar refractivity (Wildman–Crippen MR) is 166 cm³/mol. The van der Waals surface area contributed by atoms with E-state index < -0.39 is 11.5 Å². The zero-order valence-electron chi connectivity index (χ0n) is 25.2. The van der Waals surface area contributed by atoms with Gasteiger partial charge in [-0.2, -0.15) is 12.6 Å². The molecule has 4 nitrogen and oxygen atoms in total. The fourth-order valence-corrected chi connectivity index (χ4v) is 4.35. The zero-order valence-corrected chi connectivity index (χ0v) is 26.1. The van der Waals surface area contributed by atoms with Gasteiger partial charge in [0.1, 0.15) is 5.75 Å². The van der Waals surface area contributed by atoms with Crippen LogP contribution in [0, 0.1) is 10.8 Å². The van der Waals surface area contributed by atoms with Crippen LogP contribution in [0.1, 0.15) is 79.2 Å². The third-order valence-electron chi connectivity index (χ3n) is 5.86. The van der Waals surface area contributed by atoms with Crippen molar-refractivity contribution >= 4 is 18.6 Å². The third kappa shape index (κ3) is 11.7. The molecule has 0 N–H and O–H groups in total. The van der Waals surface area contributed by atoms with Gasteiger partial charge in [-0.05, 0) is 87.6 Å². The number of carbonyl (C=O) groups excluding carboxylic acids is 1. The van der Waals surface area contributed by atoms with Crippen molar-refractivity contribution in [2.24, 2.45) is 10.8 Å². The minimum atomic E-state index is -0.697. The van der Waals surface area contributed by atoms with Gasteiger partial charge in [0.15, 0.2) is 6.10 Å². The number of esters is 1. The molecule has 38 heavy (non-hydrogen) atoms. The molecule has 5 heteroatoms. The standard InChI is InChI=1S/C30H39NO3.C2H6.CH4S/c1-9-22(3)18-24(10-2)27(26-16-11-12-17-31-26)34-28(32)30(6,7)21-29(4,5)20-23-14-13-15-25(19-23)33-8;2*1-2/h9-19,27H,2,20-21H2,1,3-8H3;1-2H3;2H,1H3/b22-9-,24-18+;;. The van der Waals surface area contributed by atoms with E-state index >= 15 is 0 Å². The monoisotopic (exact) mass is 539 g/mol. The summed E-state index contributed by atoms with van der Waals surface area (Å²) in [7, 11) is 1.67. The van der Waals surface area contributed by atoms with E-state index in [1.807, 2.05) is 84.0 Å². The van der Waals surface area contributed by atoms with Crippen LogP contribution < -0.4 is 4.74 Å². The Morgan fingerprint density at radius 1 is 1.11 bits per heavy atom. The Bertz CT molecular complexity index is 1040. The lowest BCUT2D eigenvalue weighted by Crippen LogP contribution is -2.34. The normalized spacial score (nSPS) is 12.7. The van der Waals surface area contributed by atoms with Crippen LogP contribution in [0.2, 0.25) is 0 Å². The molecule has 0 aliphatic carbocycles. The van der Waals surface area contributed by atoms with E-state index in [-0.39, 0.29) is 11.4 Å². The molecule has 0 radical (unpaired) electrons. The summed E-state index contributed by atoms with van der Waals surface area (Å²) in [6.07, 6.45) is 9.99. The van der Waals surface area contributed by atoms with Crippen LogP contribution in [-0.2, 0) is 16.0 Å². The fraction of sp³-hybridized carbons (Fsp3) is 0.455. The summed E-state index contributed by atoms with van der Waals surface area (Å²) < 4.78 is 11.5. The summed E-state index contributed by atoms with van der Waals surface area (Å²) >= 11 is 3.53. The van der Waals surface area contributed by atoms with Crippen molar-refractivity contribution in [2.75, 3.05) is 13.4 Å². The van der Waals surface area contributed by atoms with E-state index in [9.17, 15) is 4.79 Å². The molecule has 2 rings (SSSR count). The van der Waals surface area contributed by atoms with Crippen molar-refractivity contribution in [3.8, 4) is 5.75 Å². The molecule has 0 aliphatic heterocycles. The van der Waals surface area contributed by atoms with Gasteiger partial charge in [0, 0.05) is 6.20 Å². The highest BCUT2D eigenvalue weighted by Gasteiger charge is 2.38. The second-order valence-corrected chi connectivity index (χ2v) is 10.2. The average molecular weight is 540 g/mol. The smallest absolute Gasteiger partial charge is 0.312 e. The first-order chi connectivity index (χ1) is 18.0. The summed E-state index contributed by atoms with van der Waals surface area (Å²) in [5.41, 5.74) is 2.89. The molecular formula is C33H49NO3S. The Morgan fingerprint density at radius 3 is 2.29 bits per heavy atom. The number of rotatable bonds is 11. The molecule has 210 valence electrons. The molecule has 0 saturated heterocycles. The molecule has 1 heterocycles. The second-order valence-electron chi connectivity index (χ2n) is 10.2. The molecule has 2 aromatic rings. The summed E-state index contributed by atoms with van der Waals surface area (Å²) in [5, 5.41) is 0. The fourth-order valence-electron chi connectivity index (χ4n) is 4.35. The Morgan fingerprint density at radius 2 is 1.76 bits per heavy atom. The second kappa shape index (κ2) is 17.7. The lowest BCUT2D eigenvalue weighted by molar-refractivity contribution is -0.160. The third-order valence-corrected chi connectivity index (χ3v) is 5.86. The van der Waals surface area contributed by atoms with Gasteiger partial charge in [0.05, 0.1) is 18.2 Å². The molecule has 1 aromatic heterocycles. The van der Waals surface area contributed by atoms with Crippen molar-refractivity contribution in [3.63, 3.8) is 0 Å². The van der Waals surface area contributed by atoms with Gasteiger partial charge in [-0.25, -0.2) is 0 Å². The molecule has 0 saturated carbocycles. The summed E-state index contributed by atoms with van der Waals surface area (Å²) in [6.45, 7) is 20.2. The number of pyridine rings is 1. The van der Waals surface area contributed by atoms with Crippen molar-refractivity contribution in [2.45, 2.75) is 74.3 Å². The maximum Gasteiger partial charge on any atom is 0.312 e. The van der Waals surface area contributed by atoms with E-state index in [0.29, 0.717) is 12.1 Å². The number of aromatic nitrogens is 1. The summed E-state index contributed by atoms with van der Waals surface area (Å²) in [4.78, 5) is 18.0. The first kappa shape index (κ1) is 35.2. The van der Waals surface area contributed by atoms with Crippen molar-refractivity contribution in [1.82, 2.24) is 4.98 Å². The highest BCUT2D eigenvalue weighted by atomic mass is 32.1. The quantitative estimate of drug-likeness (QED) is 0.176. The molecule has 1 aromatic carbocycles. The van der Waals surface area contributed by atoms with Gasteiger partial charge < -0.3 is 9.47 Å². The van der Waals surface area contributed by atoms with Crippen LogP contribution in [0.5, 0.6) is 5.75 Å². The Hall–Kier alpha value is -2.79. The molecular weight excluding hydrogens is 490 g/mol. The maximum absolute atomic E-state index is 13.5. The first-order valence-corrected chi connectivity index (χ1v) is 14.1. The molecule has 0 bridgehead atoms. The predicted octanol–water partition coefficient (Wildman–Crippen LogP) is 9.01. The number of hydrogen-bond donors (Lipinski definition) is 1. The minimum Gasteiger partial charge on any atom is -0.497 e. The largest absolute Gasteiger partial charge is 0.497 e. The van der Waals surface area contributed by atoms with E-state index in [0.717, 1.165) is 23.3 Å². The van der Waals surface area contributed by atoms with Crippen molar-refractivity contribution in [3.05, 3.63) is 95.9 Å².